The minimum atomic E-state index is -3.65. The van der Waals surface area contributed by atoms with Crippen molar-refractivity contribution in [3.8, 4) is 6.07 Å². The van der Waals surface area contributed by atoms with E-state index in [1.165, 1.54) is 4.31 Å². The highest BCUT2D eigenvalue weighted by Gasteiger charge is 2.44. The van der Waals surface area contributed by atoms with E-state index in [2.05, 4.69) is 0 Å². The van der Waals surface area contributed by atoms with Crippen LogP contribution in [0, 0.1) is 23.2 Å². The molecule has 19 heavy (non-hydrogen) atoms. The molecule has 6 nitrogen and oxygen atoms in total. The highest BCUT2D eigenvalue weighted by molar-refractivity contribution is 7.89. The van der Waals surface area contributed by atoms with Gasteiger partial charge >= 0.3 is 5.97 Å². The Labute approximate surface area is 114 Å². The fourth-order valence-electron chi connectivity index (χ4n) is 2.52. The second-order valence-corrected chi connectivity index (χ2v) is 7.09. The molecule has 0 aromatic heterocycles. The summed E-state index contributed by atoms with van der Waals surface area (Å²) in [5.74, 6) is -2.27. The van der Waals surface area contributed by atoms with E-state index in [9.17, 15) is 13.2 Å². The minimum Gasteiger partial charge on any atom is -0.481 e. The Morgan fingerprint density at radius 3 is 2.63 bits per heavy atom. The molecule has 1 saturated carbocycles. The maximum Gasteiger partial charge on any atom is 0.307 e. The number of hydrogen-bond donors (Lipinski definition) is 1. The first-order valence-corrected chi connectivity index (χ1v) is 7.96. The van der Waals surface area contributed by atoms with Gasteiger partial charge in [0.2, 0.25) is 10.0 Å². The van der Waals surface area contributed by atoms with E-state index in [1.807, 2.05) is 6.07 Å². The number of aliphatic carboxylic acids is 1. The van der Waals surface area contributed by atoms with Gasteiger partial charge in [0.1, 0.15) is 0 Å². The van der Waals surface area contributed by atoms with E-state index in [4.69, 9.17) is 10.4 Å². The van der Waals surface area contributed by atoms with Crippen LogP contribution in [0.25, 0.3) is 0 Å². The maximum absolute atomic E-state index is 12.5. The van der Waals surface area contributed by atoms with E-state index >= 15 is 0 Å². The first-order valence-electron chi connectivity index (χ1n) is 6.46. The van der Waals surface area contributed by atoms with Gasteiger partial charge in [-0.05, 0) is 19.8 Å². The molecule has 0 aliphatic heterocycles. The molecule has 108 valence electrons. The highest BCUT2D eigenvalue weighted by Crippen LogP contribution is 2.33. The molecule has 0 aromatic rings. The number of carboxylic acids is 1. The second kappa shape index (κ2) is 6.35. The monoisotopic (exact) mass is 288 g/mol. The zero-order valence-corrected chi connectivity index (χ0v) is 12.1. The Morgan fingerprint density at radius 1 is 1.53 bits per heavy atom. The van der Waals surface area contributed by atoms with E-state index < -0.39 is 33.1 Å². The van der Waals surface area contributed by atoms with Gasteiger partial charge in [-0.2, -0.15) is 5.26 Å². The third-order valence-electron chi connectivity index (χ3n) is 3.56. The van der Waals surface area contributed by atoms with Crippen molar-refractivity contribution in [2.24, 2.45) is 11.8 Å². The molecule has 1 fully saturated rings. The number of rotatable bonds is 6. The van der Waals surface area contributed by atoms with Crippen molar-refractivity contribution >= 4 is 16.0 Å². The Balaban J connectivity index is 2.95. The first-order chi connectivity index (χ1) is 8.84. The number of nitriles is 1. The molecule has 3 atom stereocenters. The molecule has 1 rings (SSSR count). The summed E-state index contributed by atoms with van der Waals surface area (Å²) < 4.78 is 26.2. The van der Waals surface area contributed by atoms with Crippen LogP contribution in [0.15, 0.2) is 0 Å². The summed E-state index contributed by atoms with van der Waals surface area (Å²) in [6, 6.07) is 2.00. The Bertz CT molecular complexity index is 469. The van der Waals surface area contributed by atoms with Crippen LogP contribution in [-0.4, -0.2) is 42.1 Å². The van der Waals surface area contributed by atoms with Crippen molar-refractivity contribution in [2.75, 3.05) is 13.1 Å². The standard InChI is InChI=1S/C12H20N2O4S/c1-3-14(8-9(2)7-13)19(17,18)11-6-4-5-10(11)12(15)16/h9-11H,3-6,8H2,1-2H3,(H,15,16). The molecule has 1 aliphatic rings. The summed E-state index contributed by atoms with van der Waals surface area (Å²) in [6.07, 6.45) is 1.41. The third-order valence-corrected chi connectivity index (χ3v) is 6.02. The Hall–Kier alpha value is -1.13. The largest absolute Gasteiger partial charge is 0.481 e. The van der Waals surface area contributed by atoms with Gasteiger partial charge in [0.25, 0.3) is 0 Å². The number of carbonyl (C=O) groups is 1. The van der Waals surface area contributed by atoms with Crippen molar-refractivity contribution in [3.05, 3.63) is 0 Å². The summed E-state index contributed by atoms with van der Waals surface area (Å²) in [4.78, 5) is 11.1. The average molecular weight is 288 g/mol. The van der Waals surface area contributed by atoms with E-state index in [-0.39, 0.29) is 13.1 Å². The molecule has 0 amide bonds. The van der Waals surface area contributed by atoms with Gasteiger partial charge in [-0.25, -0.2) is 12.7 Å². The van der Waals surface area contributed by atoms with Crippen LogP contribution in [0.1, 0.15) is 33.1 Å². The minimum absolute atomic E-state index is 0.123. The molecular weight excluding hydrogens is 268 g/mol. The van der Waals surface area contributed by atoms with E-state index in [1.54, 1.807) is 13.8 Å². The lowest BCUT2D eigenvalue weighted by Gasteiger charge is -2.27. The van der Waals surface area contributed by atoms with Crippen LogP contribution < -0.4 is 0 Å². The molecule has 0 aromatic carbocycles. The topological polar surface area (TPSA) is 98.5 Å². The van der Waals surface area contributed by atoms with Crippen LogP contribution in [0.5, 0.6) is 0 Å². The second-order valence-electron chi connectivity index (χ2n) is 4.94. The van der Waals surface area contributed by atoms with Crippen molar-refractivity contribution in [1.82, 2.24) is 4.31 Å². The number of sulfonamides is 1. The number of hydrogen-bond acceptors (Lipinski definition) is 4. The summed E-state index contributed by atoms with van der Waals surface area (Å²) in [5.41, 5.74) is 0. The van der Waals surface area contributed by atoms with Crippen molar-refractivity contribution in [3.63, 3.8) is 0 Å². The maximum atomic E-state index is 12.5. The number of nitrogens with zero attached hydrogens (tertiary/aromatic N) is 2. The van der Waals surface area contributed by atoms with Crippen molar-refractivity contribution in [1.29, 1.82) is 5.26 Å². The van der Waals surface area contributed by atoms with Crippen LogP contribution in [0.3, 0.4) is 0 Å². The van der Waals surface area contributed by atoms with Gasteiger partial charge in [-0.1, -0.05) is 13.3 Å². The van der Waals surface area contributed by atoms with Crippen molar-refractivity contribution < 1.29 is 18.3 Å². The highest BCUT2D eigenvalue weighted by atomic mass is 32.2. The smallest absolute Gasteiger partial charge is 0.307 e. The number of carboxylic acid groups (broad SMARTS) is 1. The molecule has 1 aliphatic carbocycles. The van der Waals surface area contributed by atoms with Gasteiger partial charge in [0.05, 0.1) is 23.2 Å². The van der Waals surface area contributed by atoms with Gasteiger partial charge in [0, 0.05) is 13.1 Å². The van der Waals surface area contributed by atoms with E-state index in [0.717, 1.165) is 0 Å². The van der Waals surface area contributed by atoms with Crippen molar-refractivity contribution in [2.45, 2.75) is 38.4 Å². The fourth-order valence-corrected chi connectivity index (χ4v) is 4.82. The van der Waals surface area contributed by atoms with Crippen LogP contribution in [0.2, 0.25) is 0 Å². The van der Waals surface area contributed by atoms with Gasteiger partial charge in [-0.15, -0.1) is 0 Å². The Morgan fingerprint density at radius 2 is 2.16 bits per heavy atom. The zero-order valence-electron chi connectivity index (χ0n) is 11.2. The molecule has 0 saturated heterocycles. The van der Waals surface area contributed by atoms with Crippen LogP contribution >= 0.6 is 0 Å². The molecule has 0 spiro atoms. The molecular formula is C12H20N2O4S. The lowest BCUT2D eigenvalue weighted by molar-refractivity contribution is -0.141. The summed E-state index contributed by atoms with van der Waals surface area (Å²) in [6.45, 7) is 3.74. The summed E-state index contributed by atoms with van der Waals surface area (Å²) in [7, 11) is -3.65. The molecule has 3 unspecified atom stereocenters. The molecule has 7 heteroatoms. The fraction of sp³-hybridized carbons (Fsp3) is 0.833. The van der Waals surface area contributed by atoms with Crippen LogP contribution in [-0.2, 0) is 14.8 Å². The SMILES string of the molecule is CCN(CC(C)C#N)S(=O)(=O)C1CCCC1C(=O)O. The third kappa shape index (κ3) is 3.45. The normalized spacial score (nSPS) is 25.2. The average Bonchev–Trinajstić information content (AvgIpc) is 2.85. The van der Waals surface area contributed by atoms with Crippen LogP contribution in [0.4, 0.5) is 0 Å². The zero-order chi connectivity index (χ0) is 14.6. The van der Waals surface area contributed by atoms with Gasteiger partial charge in [0.15, 0.2) is 0 Å². The molecule has 0 radical (unpaired) electrons. The molecule has 0 heterocycles. The predicted octanol–water partition coefficient (Wildman–Crippen LogP) is 1.05. The quantitative estimate of drug-likeness (QED) is 0.787. The first kappa shape index (κ1) is 15.9. The molecule has 0 bridgehead atoms. The van der Waals surface area contributed by atoms with E-state index in [0.29, 0.717) is 19.3 Å². The Kier molecular flexibility index (Phi) is 5.32. The summed E-state index contributed by atoms with van der Waals surface area (Å²) >= 11 is 0. The molecule has 1 N–H and O–H groups in total. The van der Waals surface area contributed by atoms with Gasteiger partial charge < -0.3 is 5.11 Å². The summed E-state index contributed by atoms with van der Waals surface area (Å²) in [5, 5.41) is 17.0. The predicted molar refractivity (Wildman–Crippen MR) is 69.7 cm³/mol. The lowest BCUT2D eigenvalue weighted by atomic mass is 10.1. The lowest BCUT2D eigenvalue weighted by Crippen LogP contribution is -2.43. The van der Waals surface area contributed by atoms with Gasteiger partial charge in [-0.3, -0.25) is 4.79 Å².